The molecule has 1 aromatic carbocycles. The number of benzene rings is 1. The quantitative estimate of drug-likeness (QED) is 0.723. The van der Waals surface area contributed by atoms with E-state index in [9.17, 15) is 0 Å². The first-order chi connectivity index (χ1) is 5.69. The molecule has 0 saturated carbocycles. The molecule has 1 nitrogen and oxygen atoms in total. The molecule has 0 N–H and O–H groups in total. The van der Waals surface area contributed by atoms with Crippen molar-refractivity contribution in [1.82, 2.24) is 0 Å². The van der Waals surface area contributed by atoms with E-state index in [1.54, 1.807) is 7.11 Å². The fourth-order valence-corrected chi connectivity index (χ4v) is 2.68. The SMILES string of the molecule is COc1cc(Br)c(CBr)cc1Br. The van der Waals surface area contributed by atoms with E-state index in [0.717, 1.165) is 20.0 Å². The van der Waals surface area contributed by atoms with Crippen molar-refractivity contribution in [3.05, 3.63) is 26.6 Å². The van der Waals surface area contributed by atoms with Gasteiger partial charge in [0, 0.05) is 9.80 Å². The van der Waals surface area contributed by atoms with Crippen LogP contribution in [-0.4, -0.2) is 7.11 Å². The minimum atomic E-state index is 0.830. The van der Waals surface area contributed by atoms with Gasteiger partial charge in [0.25, 0.3) is 0 Å². The third-order valence-electron chi connectivity index (χ3n) is 1.46. The second-order valence-electron chi connectivity index (χ2n) is 2.21. The van der Waals surface area contributed by atoms with Crippen LogP contribution >= 0.6 is 47.8 Å². The lowest BCUT2D eigenvalue weighted by Gasteiger charge is -2.06. The van der Waals surface area contributed by atoms with Gasteiger partial charge in [0.2, 0.25) is 0 Å². The Morgan fingerprint density at radius 1 is 1.25 bits per heavy atom. The number of hydrogen-bond donors (Lipinski definition) is 0. The molecule has 0 aliphatic heterocycles. The highest BCUT2D eigenvalue weighted by Gasteiger charge is 2.05. The van der Waals surface area contributed by atoms with E-state index in [4.69, 9.17) is 4.74 Å². The fraction of sp³-hybridized carbons (Fsp3) is 0.250. The standard InChI is InChI=1S/C8H7Br3O/c1-12-8-3-6(10)5(4-9)2-7(8)11/h2-3H,4H2,1H3. The summed E-state index contributed by atoms with van der Waals surface area (Å²) in [6.45, 7) is 0. The molecular formula is C8H7Br3O. The Morgan fingerprint density at radius 3 is 2.42 bits per heavy atom. The highest BCUT2D eigenvalue weighted by atomic mass is 79.9. The molecule has 0 aliphatic rings. The molecule has 0 radical (unpaired) electrons. The maximum atomic E-state index is 5.13. The normalized spacial score (nSPS) is 10.0. The van der Waals surface area contributed by atoms with Crippen LogP contribution in [0.4, 0.5) is 0 Å². The summed E-state index contributed by atoms with van der Waals surface area (Å²) >= 11 is 10.3. The van der Waals surface area contributed by atoms with E-state index in [-0.39, 0.29) is 0 Å². The molecule has 4 heteroatoms. The molecule has 0 spiro atoms. The van der Waals surface area contributed by atoms with Crippen molar-refractivity contribution in [3.8, 4) is 5.75 Å². The van der Waals surface area contributed by atoms with E-state index in [1.807, 2.05) is 12.1 Å². The molecule has 1 rings (SSSR count). The predicted octanol–water partition coefficient (Wildman–Crippen LogP) is 4.12. The number of alkyl halides is 1. The van der Waals surface area contributed by atoms with Crippen molar-refractivity contribution in [2.45, 2.75) is 5.33 Å². The fourth-order valence-electron chi connectivity index (χ4n) is 0.829. The van der Waals surface area contributed by atoms with Gasteiger partial charge >= 0.3 is 0 Å². The van der Waals surface area contributed by atoms with Crippen LogP contribution in [-0.2, 0) is 5.33 Å². The molecule has 0 bridgehead atoms. The van der Waals surface area contributed by atoms with Crippen molar-refractivity contribution in [1.29, 1.82) is 0 Å². The largest absolute Gasteiger partial charge is 0.496 e. The summed E-state index contributed by atoms with van der Waals surface area (Å²) in [7, 11) is 1.65. The summed E-state index contributed by atoms with van der Waals surface area (Å²) < 4.78 is 7.16. The highest BCUT2D eigenvalue weighted by Crippen LogP contribution is 2.32. The van der Waals surface area contributed by atoms with Crippen LogP contribution in [0.25, 0.3) is 0 Å². The number of ether oxygens (including phenoxy) is 1. The molecule has 0 amide bonds. The Bertz CT molecular complexity index is 256. The molecule has 0 aliphatic carbocycles. The van der Waals surface area contributed by atoms with Gasteiger partial charge in [0.15, 0.2) is 0 Å². The summed E-state index contributed by atoms with van der Waals surface area (Å²) in [5.41, 5.74) is 1.20. The molecule has 0 saturated heterocycles. The Balaban J connectivity index is 3.16. The highest BCUT2D eigenvalue weighted by molar-refractivity contribution is 9.11. The first kappa shape index (κ1) is 10.5. The molecule has 0 fully saturated rings. The molecule has 0 atom stereocenters. The summed E-state index contributed by atoms with van der Waals surface area (Å²) in [5, 5.41) is 0.830. The Labute approximate surface area is 96.9 Å². The summed E-state index contributed by atoms with van der Waals surface area (Å²) in [4.78, 5) is 0. The van der Waals surface area contributed by atoms with Crippen molar-refractivity contribution in [3.63, 3.8) is 0 Å². The third-order valence-corrected chi connectivity index (χ3v) is 3.43. The van der Waals surface area contributed by atoms with Gasteiger partial charge < -0.3 is 4.74 Å². The third kappa shape index (κ3) is 2.24. The molecular weight excluding hydrogens is 352 g/mol. The maximum absolute atomic E-state index is 5.13. The number of rotatable bonds is 2. The van der Waals surface area contributed by atoms with Crippen LogP contribution in [0, 0.1) is 0 Å². The minimum absolute atomic E-state index is 0.830. The van der Waals surface area contributed by atoms with E-state index < -0.39 is 0 Å². The van der Waals surface area contributed by atoms with Crippen LogP contribution < -0.4 is 4.74 Å². The average Bonchev–Trinajstić information content (AvgIpc) is 2.08. The topological polar surface area (TPSA) is 9.23 Å². The van der Waals surface area contributed by atoms with Gasteiger partial charge in [0.05, 0.1) is 11.6 Å². The number of methoxy groups -OCH3 is 1. The summed E-state index contributed by atoms with van der Waals surface area (Å²) in [6.07, 6.45) is 0. The lowest BCUT2D eigenvalue weighted by Crippen LogP contribution is -1.87. The smallest absolute Gasteiger partial charge is 0.134 e. The zero-order valence-corrected chi connectivity index (χ0v) is 11.2. The molecule has 0 aromatic heterocycles. The maximum Gasteiger partial charge on any atom is 0.134 e. The molecule has 1 aromatic rings. The Hall–Kier alpha value is 0.460. The first-order valence-electron chi connectivity index (χ1n) is 3.27. The van der Waals surface area contributed by atoms with Crippen LogP contribution in [0.3, 0.4) is 0 Å². The number of halogens is 3. The van der Waals surface area contributed by atoms with Gasteiger partial charge in [0.1, 0.15) is 5.75 Å². The van der Waals surface area contributed by atoms with Gasteiger partial charge in [-0.2, -0.15) is 0 Å². The van der Waals surface area contributed by atoms with Crippen LogP contribution in [0.2, 0.25) is 0 Å². The van der Waals surface area contributed by atoms with Crippen LogP contribution in [0.15, 0.2) is 21.1 Å². The van der Waals surface area contributed by atoms with Gasteiger partial charge in [-0.3, -0.25) is 0 Å². The molecule has 12 heavy (non-hydrogen) atoms. The van der Waals surface area contributed by atoms with Gasteiger partial charge in [-0.1, -0.05) is 31.9 Å². The first-order valence-corrected chi connectivity index (χ1v) is 5.97. The zero-order valence-electron chi connectivity index (χ0n) is 6.40. The molecule has 66 valence electrons. The lowest BCUT2D eigenvalue weighted by atomic mass is 10.2. The average molecular weight is 359 g/mol. The minimum Gasteiger partial charge on any atom is -0.496 e. The monoisotopic (exact) mass is 356 g/mol. The predicted molar refractivity (Wildman–Crippen MR) is 61.0 cm³/mol. The lowest BCUT2D eigenvalue weighted by molar-refractivity contribution is 0.411. The molecule has 0 heterocycles. The zero-order chi connectivity index (χ0) is 9.14. The van der Waals surface area contributed by atoms with Crippen molar-refractivity contribution >= 4 is 47.8 Å². The van der Waals surface area contributed by atoms with Gasteiger partial charge in [-0.15, -0.1) is 0 Å². The second kappa shape index (κ2) is 4.63. The van der Waals surface area contributed by atoms with Gasteiger partial charge in [-0.05, 0) is 33.6 Å². The Kier molecular flexibility index (Phi) is 4.06. The molecule has 0 unspecified atom stereocenters. The number of hydrogen-bond acceptors (Lipinski definition) is 1. The van der Waals surface area contributed by atoms with Gasteiger partial charge in [-0.25, -0.2) is 0 Å². The summed E-state index contributed by atoms with van der Waals surface area (Å²) in [6, 6.07) is 3.97. The van der Waals surface area contributed by atoms with Crippen molar-refractivity contribution in [2.24, 2.45) is 0 Å². The van der Waals surface area contributed by atoms with E-state index in [1.165, 1.54) is 5.56 Å². The van der Waals surface area contributed by atoms with E-state index in [0.29, 0.717) is 0 Å². The van der Waals surface area contributed by atoms with Crippen LogP contribution in [0.5, 0.6) is 5.75 Å². The van der Waals surface area contributed by atoms with E-state index >= 15 is 0 Å². The van der Waals surface area contributed by atoms with Crippen LogP contribution in [0.1, 0.15) is 5.56 Å². The van der Waals surface area contributed by atoms with E-state index in [2.05, 4.69) is 47.8 Å². The second-order valence-corrected chi connectivity index (χ2v) is 4.48. The Morgan fingerprint density at radius 2 is 1.92 bits per heavy atom. The summed E-state index contributed by atoms with van der Waals surface area (Å²) in [5.74, 6) is 0.839. The van der Waals surface area contributed by atoms with Crippen molar-refractivity contribution < 1.29 is 4.74 Å². The van der Waals surface area contributed by atoms with Crippen molar-refractivity contribution in [2.75, 3.05) is 7.11 Å².